The van der Waals surface area contributed by atoms with Gasteiger partial charge < -0.3 is 10.5 Å². The summed E-state index contributed by atoms with van der Waals surface area (Å²) in [5, 5.41) is 0. The monoisotopic (exact) mass is 301 g/mol. The molecule has 0 aromatic heterocycles. The maximum Gasteiger partial charge on any atom is 0.338 e. The molecular weight excluding hydrogens is 281 g/mol. The Hall–Kier alpha value is -2.36. The molecule has 0 heterocycles. The van der Waals surface area contributed by atoms with Crippen LogP contribution in [0, 0.1) is 12.7 Å². The van der Waals surface area contributed by atoms with E-state index in [9.17, 15) is 9.18 Å². The van der Waals surface area contributed by atoms with E-state index in [-0.39, 0.29) is 11.7 Å². The molecule has 0 amide bonds. The summed E-state index contributed by atoms with van der Waals surface area (Å²) in [6.07, 6.45) is 0. The van der Waals surface area contributed by atoms with Gasteiger partial charge in [0.25, 0.3) is 0 Å². The fourth-order valence-electron chi connectivity index (χ4n) is 2.12. The average Bonchev–Trinajstić information content (AvgIpc) is 2.41. The molecule has 0 spiro atoms. The number of hydrogen-bond donors (Lipinski definition) is 1. The summed E-state index contributed by atoms with van der Waals surface area (Å²) in [5.41, 5.74) is 8.18. The summed E-state index contributed by atoms with van der Waals surface area (Å²) in [6, 6.07) is 10.0. The van der Waals surface area contributed by atoms with Crippen molar-refractivity contribution in [2.75, 3.05) is 5.73 Å². The molecule has 0 fully saturated rings. The maximum absolute atomic E-state index is 13.4. The molecule has 0 aliphatic heterocycles. The van der Waals surface area contributed by atoms with Gasteiger partial charge in [-0.25, -0.2) is 9.18 Å². The third-order valence-electron chi connectivity index (χ3n) is 3.17. The van der Waals surface area contributed by atoms with E-state index in [0.29, 0.717) is 5.56 Å². The number of hydrogen-bond acceptors (Lipinski definition) is 3. The van der Waals surface area contributed by atoms with Gasteiger partial charge in [-0.1, -0.05) is 12.1 Å². The number of anilines is 1. The van der Waals surface area contributed by atoms with E-state index in [4.69, 9.17) is 10.5 Å². The highest BCUT2D eigenvalue weighted by atomic mass is 19.1. The van der Waals surface area contributed by atoms with Crippen LogP contribution < -0.4 is 5.73 Å². The quantitative estimate of drug-likeness (QED) is 0.663. The molecule has 0 atom stereocenters. The fraction of sp³-hybridized carbons (Fsp3) is 0.278. The summed E-state index contributed by atoms with van der Waals surface area (Å²) in [5.74, 6) is -0.791. The topological polar surface area (TPSA) is 52.3 Å². The molecule has 116 valence electrons. The predicted octanol–water partition coefficient (Wildman–Crippen LogP) is 4.34. The molecule has 0 radical (unpaired) electrons. The van der Waals surface area contributed by atoms with E-state index in [1.165, 1.54) is 6.07 Å². The highest BCUT2D eigenvalue weighted by molar-refractivity contribution is 5.90. The molecule has 2 N–H and O–H groups in total. The number of halogens is 1. The SMILES string of the molecule is Cc1cc(F)c(N)cc1-c1ccc(C(=O)OC(C)(C)C)cc1. The van der Waals surface area contributed by atoms with Gasteiger partial charge in [-0.3, -0.25) is 0 Å². The second kappa shape index (κ2) is 5.79. The second-order valence-corrected chi connectivity index (χ2v) is 6.27. The first-order chi connectivity index (χ1) is 10.2. The Morgan fingerprint density at radius 3 is 2.27 bits per heavy atom. The van der Waals surface area contributed by atoms with Gasteiger partial charge in [0.1, 0.15) is 11.4 Å². The Bertz CT molecular complexity index is 700. The number of aryl methyl sites for hydroxylation is 1. The van der Waals surface area contributed by atoms with E-state index in [2.05, 4.69) is 0 Å². The highest BCUT2D eigenvalue weighted by Gasteiger charge is 2.18. The van der Waals surface area contributed by atoms with Crippen molar-refractivity contribution >= 4 is 11.7 Å². The zero-order valence-electron chi connectivity index (χ0n) is 13.2. The Morgan fingerprint density at radius 1 is 1.14 bits per heavy atom. The molecule has 3 nitrogen and oxygen atoms in total. The fourth-order valence-corrected chi connectivity index (χ4v) is 2.12. The number of carbonyl (C=O) groups is 1. The lowest BCUT2D eigenvalue weighted by Gasteiger charge is -2.19. The lowest BCUT2D eigenvalue weighted by molar-refractivity contribution is 0.00696. The predicted molar refractivity (Wildman–Crippen MR) is 86.2 cm³/mol. The molecule has 0 saturated heterocycles. The summed E-state index contributed by atoms with van der Waals surface area (Å²) in [4.78, 5) is 12.0. The molecule has 0 unspecified atom stereocenters. The molecule has 0 aliphatic carbocycles. The van der Waals surface area contributed by atoms with E-state index >= 15 is 0 Å². The van der Waals surface area contributed by atoms with Crippen LogP contribution in [0.4, 0.5) is 10.1 Å². The van der Waals surface area contributed by atoms with Gasteiger partial charge in [0.2, 0.25) is 0 Å². The molecule has 2 aromatic rings. The minimum absolute atomic E-state index is 0.108. The number of esters is 1. The Morgan fingerprint density at radius 2 is 1.73 bits per heavy atom. The third-order valence-corrected chi connectivity index (χ3v) is 3.17. The summed E-state index contributed by atoms with van der Waals surface area (Å²) >= 11 is 0. The Balaban J connectivity index is 2.30. The van der Waals surface area contributed by atoms with Gasteiger partial charge in [-0.05, 0) is 68.7 Å². The van der Waals surface area contributed by atoms with Crippen molar-refractivity contribution in [3.63, 3.8) is 0 Å². The second-order valence-electron chi connectivity index (χ2n) is 6.27. The largest absolute Gasteiger partial charge is 0.456 e. The molecule has 4 heteroatoms. The summed E-state index contributed by atoms with van der Waals surface area (Å²) < 4.78 is 18.7. The van der Waals surface area contributed by atoms with E-state index in [0.717, 1.165) is 16.7 Å². The minimum Gasteiger partial charge on any atom is -0.456 e. The van der Waals surface area contributed by atoms with E-state index in [1.54, 1.807) is 30.3 Å². The zero-order chi connectivity index (χ0) is 16.5. The normalized spacial score (nSPS) is 11.3. The highest BCUT2D eigenvalue weighted by Crippen LogP contribution is 2.28. The Kier molecular flexibility index (Phi) is 4.22. The number of benzene rings is 2. The molecular formula is C18H20FNO2. The van der Waals surface area contributed by atoms with Gasteiger partial charge >= 0.3 is 5.97 Å². The van der Waals surface area contributed by atoms with Crippen molar-refractivity contribution < 1.29 is 13.9 Å². The van der Waals surface area contributed by atoms with Crippen LogP contribution in [-0.2, 0) is 4.74 Å². The van der Waals surface area contributed by atoms with Crippen LogP contribution in [-0.4, -0.2) is 11.6 Å². The Labute approximate surface area is 129 Å². The van der Waals surface area contributed by atoms with Gasteiger partial charge in [0, 0.05) is 0 Å². The zero-order valence-corrected chi connectivity index (χ0v) is 13.2. The van der Waals surface area contributed by atoms with Gasteiger partial charge in [0.15, 0.2) is 0 Å². The number of carbonyl (C=O) groups excluding carboxylic acids is 1. The van der Waals surface area contributed by atoms with Crippen molar-refractivity contribution in [2.24, 2.45) is 0 Å². The van der Waals surface area contributed by atoms with E-state index < -0.39 is 11.4 Å². The number of nitrogens with two attached hydrogens (primary N) is 1. The lowest BCUT2D eigenvalue weighted by atomic mass is 9.98. The van der Waals surface area contributed by atoms with Crippen molar-refractivity contribution in [3.05, 3.63) is 53.3 Å². The van der Waals surface area contributed by atoms with Gasteiger partial charge in [-0.15, -0.1) is 0 Å². The first-order valence-electron chi connectivity index (χ1n) is 7.07. The molecule has 0 aliphatic rings. The van der Waals surface area contributed by atoms with Crippen LogP contribution in [0.3, 0.4) is 0 Å². The molecule has 0 saturated carbocycles. The van der Waals surface area contributed by atoms with Crippen LogP contribution in [0.2, 0.25) is 0 Å². The smallest absolute Gasteiger partial charge is 0.338 e. The standard InChI is InChI=1S/C18H20FNO2/c1-11-9-15(19)16(20)10-14(11)12-5-7-13(8-6-12)17(21)22-18(2,3)4/h5-10H,20H2,1-4H3. The number of ether oxygens (including phenoxy) is 1. The maximum atomic E-state index is 13.4. The minimum atomic E-state index is -0.530. The molecule has 2 aromatic carbocycles. The summed E-state index contributed by atoms with van der Waals surface area (Å²) in [7, 11) is 0. The van der Waals surface area contributed by atoms with E-state index in [1.807, 2.05) is 27.7 Å². The van der Waals surface area contributed by atoms with Crippen molar-refractivity contribution in [2.45, 2.75) is 33.3 Å². The average molecular weight is 301 g/mol. The van der Waals surface area contributed by atoms with Crippen molar-refractivity contribution in [3.8, 4) is 11.1 Å². The number of nitrogen functional groups attached to an aromatic ring is 1. The van der Waals surface area contributed by atoms with Gasteiger partial charge in [-0.2, -0.15) is 0 Å². The molecule has 2 rings (SSSR count). The van der Waals surface area contributed by atoms with Crippen molar-refractivity contribution in [1.29, 1.82) is 0 Å². The van der Waals surface area contributed by atoms with Crippen LogP contribution in [0.15, 0.2) is 36.4 Å². The molecule has 0 bridgehead atoms. The van der Waals surface area contributed by atoms with Gasteiger partial charge in [0.05, 0.1) is 11.3 Å². The first-order valence-corrected chi connectivity index (χ1v) is 7.07. The number of rotatable bonds is 2. The van der Waals surface area contributed by atoms with Crippen LogP contribution in [0.1, 0.15) is 36.7 Å². The lowest BCUT2D eigenvalue weighted by Crippen LogP contribution is -2.23. The summed E-state index contributed by atoms with van der Waals surface area (Å²) in [6.45, 7) is 7.29. The van der Waals surface area contributed by atoms with Crippen LogP contribution >= 0.6 is 0 Å². The van der Waals surface area contributed by atoms with Crippen molar-refractivity contribution in [1.82, 2.24) is 0 Å². The van der Waals surface area contributed by atoms with Crippen LogP contribution in [0.5, 0.6) is 0 Å². The third kappa shape index (κ3) is 3.64. The first kappa shape index (κ1) is 16.0. The molecule has 22 heavy (non-hydrogen) atoms. The van der Waals surface area contributed by atoms with Crippen LogP contribution in [0.25, 0.3) is 11.1 Å².